The van der Waals surface area contributed by atoms with Crippen LogP contribution in [-0.2, 0) is 0 Å². The summed E-state index contributed by atoms with van der Waals surface area (Å²) in [5.41, 5.74) is 3.37. The second-order valence-corrected chi connectivity index (χ2v) is 4.60. The van der Waals surface area contributed by atoms with Crippen LogP contribution in [0, 0.1) is 0 Å². The normalized spacial score (nSPS) is 10.9. The Morgan fingerprint density at radius 1 is 0.667 bits per heavy atom. The number of hydrogen-bond donors (Lipinski definition) is 1. The summed E-state index contributed by atoms with van der Waals surface area (Å²) in [4.78, 5) is 0. The zero-order valence-electron chi connectivity index (χ0n) is 11.3. The van der Waals surface area contributed by atoms with E-state index in [0.29, 0.717) is 0 Å². The van der Waals surface area contributed by atoms with Gasteiger partial charge in [-0.25, -0.2) is 0 Å². The molecule has 0 bridgehead atoms. The molecular formula is C18H14N2O. The third-order valence-corrected chi connectivity index (χ3v) is 3.09. The van der Waals surface area contributed by atoms with Gasteiger partial charge < -0.3 is 5.11 Å². The lowest BCUT2D eigenvalue weighted by Crippen LogP contribution is -1.78. The third-order valence-electron chi connectivity index (χ3n) is 3.09. The fourth-order valence-electron chi connectivity index (χ4n) is 2.07. The van der Waals surface area contributed by atoms with Crippen LogP contribution >= 0.6 is 0 Å². The first kappa shape index (κ1) is 13.1. The molecule has 1 N–H and O–H groups in total. The molecule has 3 nitrogen and oxygen atoms in total. The van der Waals surface area contributed by atoms with Crippen LogP contribution in [0.25, 0.3) is 11.1 Å². The fraction of sp³-hybridized carbons (Fsp3) is 0. The lowest BCUT2D eigenvalue weighted by Gasteiger charge is -2.05. The van der Waals surface area contributed by atoms with Gasteiger partial charge in [0, 0.05) is 5.56 Å². The van der Waals surface area contributed by atoms with Gasteiger partial charge in [0.15, 0.2) is 0 Å². The smallest absolute Gasteiger partial charge is 0.116 e. The maximum Gasteiger partial charge on any atom is 0.116 e. The lowest BCUT2D eigenvalue weighted by molar-refractivity contribution is 0.475. The summed E-state index contributed by atoms with van der Waals surface area (Å²) in [6.07, 6.45) is 0. The van der Waals surface area contributed by atoms with Crippen molar-refractivity contribution in [3.05, 3.63) is 78.9 Å². The van der Waals surface area contributed by atoms with Crippen molar-refractivity contribution in [3.8, 4) is 16.9 Å². The van der Waals surface area contributed by atoms with Crippen LogP contribution in [0.2, 0.25) is 0 Å². The highest BCUT2D eigenvalue weighted by molar-refractivity contribution is 5.77. The average molecular weight is 274 g/mol. The highest BCUT2D eigenvalue weighted by Crippen LogP contribution is 2.34. The van der Waals surface area contributed by atoms with E-state index in [4.69, 9.17) is 0 Å². The molecule has 0 heterocycles. The molecule has 0 atom stereocenters. The van der Waals surface area contributed by atoms with E-state index in [0.717, 1.165) is 22.5 Å². The van der Waals surface area contributed by atoms with Gasteiger partial charge in [-0.05, 0) is 35.9 Å². The Kier molecular flexibility index (Phi) is 3.74. The van der Waals surface area contributed by atoms with Crippen LogP contribution in [0.3, 0.4) is 0 Å². The molecule has 0 fully saturated rings. The molecule has 21 heavy (non-hydrogen) atoms. The predicted molar refractivity (Wildman–Crippen MR) is 84.2 cm³/mol. The Labute approximate surface area is 123 Å². The molecule has 3 aromatic rings. The van der Waals surface area contributed by atoms with Crippen LogP contribution in [-0.4, -0.2) is 5.11 Å². The van der Waals surface area contributed by atoms with E-state index >= 15 is 0 Å². The number of benzene rings is 3. The van der Waals surface area contributed by atoms with E-state index in [1.165, 1.54) is 0 Å². The van der Waals surface area contributed by atoms with Gasteiger partial charge in [0.2, 0.25) is 0 Å². The molecule has 0 aliphatic rings. The monoisotopic (exact) mass is 274 g/mol. The molecule has 3 rings (SSSR count). The summed E-state index contributed by atoms with van der Waals surface area (Å²) < 4.78 is 0. The maximum atomic E-state index is 9.71. The Balaban J connectivity index is 2.01. The van der Waals surface area contributed by atoms with Crippen LogP contribution in [0.1, 0.15) is 0 Å². The van der Waals surface area contributed by atoms with Crippen LogP contribution < -0.4 is 0 Å². The molecule has 0 radical (unpaired) electrons. The molecule has 0 aromatic heterocycles. The number of hydrogen-bond acceptors (Lipinski definition) is 3. The van der Waals surface area contributed by atoms with Gasteiger partial charge in [-0.2, -0.15) is 5.11 Å². The van der Waals surface area contributed by atoms with Gasteiger partial charge in [-0.1, -0.05) is 48.5 Å². The van der Waals surface area contributed by atoms with Gasteiger partial charge in [-0.15, -0.1) is 5.11 Å². The van der Waals surface area contributed by atoms with Crippen LogP contribution in [0.5, 0.6) is 5.75 Å². The first-order chi connectivity index (χ1) is 10.3. The number of phenolic OH excluding ortho intramolecular Hbond substituents is 1. The van der Waals surface area contributed by atoms with E-state index in [2.05, 4.69) is 10.2 Å². The average Bonchev–Trinajstić information content (AvgIpc) is 2.55. The Bertz CT molecular complexity index is 753. The van der Waals surface area contributed by atoms with Crippen molar-refractivity contribution >= 4 is 11.4 Å². The number of aromatic hydroxyl groups is 1. The Morgan fingerprint density at radius 2 is 1.33 bits per heavy atom. The largest absolute Gasteiger partial charge is 0.508 e. The molecule has 0 aliphatic carbocycles. The number of rotatable bonds is 3. The van der Waals surface area contributed by atoms with Gasteiger partial charge >= 0.3 is 0 Å². The van der Waals surface area contributed by atoms with Crippen molar-refractivity contribution in [2.24, 2.45) is 10.2 Å². The molecule has 102 valence electrons. The quantitative estimate of drug-likeness (QED) is 0.632. The summed E-state index contributed by atoms with van der Waals surface area (Å²) in [5, 5.41) is 18.3. The SMILES string of the molecule is Oc1ccc(/N=N/c2ccccc2)c(-c2ccccc2)c1. The van der Waals surface area contributed by atoms with Crippen molar-refractivity contribution in [2.45, 2.75) is 0 Å². The minimum absolute atomic E-state index is 0.215. The molecule has 0 saturated heterocycles. The van der Waals surface area contributed by atoms with Crippen molar-refractivity contribution in [1.82, 2.24) is 0 Å². The molecule has 0 aliphatic heterocycles. The van der Waals surface area contributed by atoms with E-state index in [1.807, 2.05) is 60.7 Å². The fourth-order valence-corrected chi connectivity index (χ4v) is 2.07. The van der Waals surface area contributed by atoms with E-state index in [1.54, 1.807) is 18.2 Å². The second kappa shape index (κ2) is 6.01. The number of nitrogens with zero attached hydrogens (tertiary/aromatic N) is 2. The molecule has 0 amide bonds. The van der Waals surface area contributed by atoms with Crippen molar-refractivity contribution in [2.75, 3.05) is 0 Å². The number of phenols is 1. The van der Waals surface area contributed by atoms with E-state index in [-0.39, 0.29) is 5.75 Å². The van der Waals surface area contributed by atoms with Gasteiger partial charge in [0.05, 0.1) is 11.4 Å². The minimum atomic E-state index is 0.215. The zero-order chi connectivity index (χ0) is 14.5. The topological polar surface area (TPSA) is 45.0 Å². The molecule has 0 spiro atoms. The van der Waals surface area contributed by atoms with E-state index in [9.17, 15) is 5.11 Å². The molecule has 3 aromatic carbocycles. The van der Waals surface area contributed by atoms with Gasteiger partial charge in [0.25, 0.3) is 0 Å². The Hall–Kier alpha value is -2.94. The first-order valence-corrected chi connectivity index (χ1v) is 6.68. The highest BCUT2D eigenvalue weighted by Gasteiger charge is 2.05. The van der Waals surface area contributed by atoms with Crippen molar-refractivity contribution < 1.29 is 5.11 Å². The summed E-state index contributed by atoms with van der Waals surface area (Å²) in [5.74, 6) is 0.215. The maximum absolute atomic E-state index is 9.71. The zero-order valence-corrected chi connectivity index (χ0v) is 11.3. The summed E-state index contributed by atoms with van der Waals surface area (Å²) >= 11 is 0. The third kappa shape index (κ3) is 3.15. The van der Waals surface area contributed by atoms with Crippen LogP contribution in [0.15, 0.2) is 89.1 Å². The van der Waals surface area contributed by atoms with Crippen molar-refractivity contribution in [3.63, 3.8) is 0 Å². The van der Waals surface area contributed by atoms with Gasteiger partial charge in [0.1, 0.15) is 5.75 Å². The first-order valence-electron chi connectivity index (χ1n) is 6.68. The van der Waals surface area contributed by atoms with Gasteiger partial charge in [-0.3, -0.25) is 0 Å². The standard InChI is InChI=1S/C18H14N2O/c21-16-11-12-18(20-19-15-9-5-2-6-10-15)17(13-16)14-7-3-1-4-8-14/h1-13,21H/b20-19+. The molecule has 3 heteroatoms. The highest BCUT2D eigenvalue weighted by atomic mass is 16.3. The summed E-state index contributed by atoms with van der Waals surface area (Å²) in [7, 11) is 0. The Morgan fingerprint density at radius 3 is 2.05 bits per heavy atom. The minimum Gasteiger partial charge on any atom is -0.508 e. The van der Waals surface area contributed by atoms with Crippen molar-refractivity contribution in [1.29, 1.82) is 0 Å². The summed E-state index contributed by atoms with van der Waals surface area (Å²) in [6, 6.07) is 24.5. The molecular weight excluding hydrogens is 260 g/mol. The van der Waals surface area contributed by atoms with Crippen LogP contribution in [0.4, 0.5) is 11.4 Å². The predicted octanol–water partition coefficient (Wildman–Crippen LogP) is 5.47. The summed E-state index contributed by atoms with van der Waals surface area (Å²) in [6.45, 7) is 0. The van der Waals surface area contributed by atoms with E-state index < -0.39 is 0 Å². The lowest BCUT2D eigenvalue weighted by atomic mass is 10.0. The second-order valence-electron chi connectivity index (χ2n) is 4.60. The molecule has 0 unspecified atom stereocenters. The number of azo groups is 1. The molecule has 0 saturated carbocycles.